The molecule has 0 saturated heterocycles. The molecule has 0 unspecified atom stereocenters. The molecule has 1 aromatic carbocycles. The molecular formula is C16H23NO6. The maximum Gasteiger partial charge on any atom is 0.307 e. The molecule has 0 aromatic heterocycles. The molecule has 128 valence electrons. The first kappa shape index (κ1) is 18.9. The van der Waals surface area contributed by atoms with Crippen LogP contribution in [0.5, 0.6) is 5.75 Å². The fourth-order valence-corrected chi connectivity index (χ4v) is 1.90. The van der Waals surface area contributed by atoms with Crippen LogP contribution in [0.4, 0.5) is 0 Å². The number of aliphatic hydroxyl groups is 1. The number of rotatable bonds is 10. The lowest BCUT2D eigenvalue weighted by molar-refractivity contribution is -0.140. The molecule has 0 spiro atoms. The molecular weight excluding hydrogens is 302 g/mol. The number of hydrogen-bond acceptors (Lipinski definition) is 6. The lowest BCUT2D eigenvalue weighted by atomic mass is 10.2. The molecule has 0 radical (unpaired) electrons. The van der Waals surface area contributed by atoms with Gasteiger partial charge in [-0.3, -0.25) is 9.59 Å². The summed E-state index contributed by atoms with van der Waals surface area (Å²) in [6.07, 6.45) is 0.110. The van der Waals surface area contributed by atoms with Crippen molar-refractivity contribution in [3.63, 3.8) is 0 Å². The Morgan fingerprint density at radius 3 is 2.35 bits per heavy atom. The third kappa shape index (κ3) is 6.66. The molecule has 23 heavy (non-hydrogen) atoms. The molecule has 1 amide bonds. The van der Waals surface area contributed by atoms with Gasteiger partial charge in [0.2, 0.25) is 0 Å². The van der Waals surface area contributed by atoms with Gasteiger partial charge in [0.05, 0.1) is 40.5 Å². The van der Waals surface area contributed by atoms with E-state index in [-0.39, 0.29) is 44.7 Å². The summed E-state index contributed by atoms with van der Waals surface area (Å²) in [5, 5.41) is 8.70. The normalized spacial score (nSPS) is 10.2. The zero-order valence-electron chi connectivity index (χ0n) is 13.5. The predicted molar refractivity (Wildman–Crippen MR) is 83.4 cm³/mol. The molecule has 0 aliphatic heterocycles. The summed E-state index contributed by atoms with van der Waals surface area (Å²) >= 11 is 0. The Labute approximate surface area is 135 Å². The summed E-state index contributed by atoms with van der Waals surface area (Å²) in [4.78, 5) is 25.4. The topological polar surface area (TPSA) is 85.3 Å². The monoisotopic (exact) mass is 325 g/mol. The molecule has 0 saturated carbocycles. The van der Waals surface area contributed by atoms with Gasteiger partial charge < -0.3 is 24.2 Å². The summed E-state index contributed by atoms with van der Waals surface area (Å²) < 4.78 is 14.9. The number of benzene rings is 1. The van der Waals surface area contributed by atoms with Gasteiger partial charge in [-0.15, -0.1) is 0 Å². The van der Waals surface area contributed by atoms with Gasteiger partial charge in [-0.05, 0) is 24.3 Å². The largest absolute Gasteiger partial charge is 0.497 e. The maximum absolute atomic E-state index is 12.5. The van der Waals surface area contributed by atoms with Crippen molar-refractivity contribution in [3.8, 4) is 5.75 Å². The number of carbonyl (C=O) groups is 2. The number of aliphatic hydroxyl groups excluding tert-OH is 1. The Kier molecular flexibility index (Phi) is 8.71. The van der Waals surface area contributed by atoms with Gasteiger partial charge in [0.25, 0.3) is 5.91 Å². The highest BCUT2D eigenvalue weighted by atomic mass is 16.5. The number of esters is 1. The number of methoxy groups -OCH3 is 2. The highest BCUT2D eigenvalue weighted by Gasteiger charge is 2.17. The molecule has 1 N–H and O–H groups in total. The van der Waals surface area contributed by atoms with E-state index in [2.05, 4.69) is 4.74 Å². The second-order valence-corrected chi connectivity index (χ2v) is 4.68. The van der Waals surface area contributed by atoms with Gasteiger partial charge >= 0.3 is 5.97 Å². The van der Waals surface area contributed by atoms with Crippen LogP contribution in [-0.2, 0) is 14.3 Å². The molecule has 0 atom stereocenters. The third-order valence-electron chi connectivity index (χ3n) is 3.18. The van der Waals surface area contributed by atoms with Crippen LogP contribution in [-0.4, -0.2) is 69.0 Å². The average molecular weight is 325 g/mol. The van der Waals surface area contributed by atoms with Crippen LogP contribution in [0.3, 0.4) is 0 Å². The van der Waals surface area contributed by atoms with Crippen LogP contribution in [0.25, 0.3) is 0 Å². The van der Waals surface area contributed by atoms with Crippen molar-refractivity contribution in [2.45, 2.75) is 6.42 Å². The summed E-state index contributed by atoms with van der Waals surface area (Å²) in [6.45, 7) is 0.974. The first-order valence-corrected chi connectivity index (χ1v) is 7.31. The van der Waals surface area contributed by atoms with Gasteiger partial charge in [-0.25, -0.2) is 0 Å². The van der Waals surface area contributed by atoms with E-state index in [1.54, 1.807) is 31.4 Å². The summed E-state index contributed by atoms with van der Waals surface area (Å²) in [7, 11) is 2.86. The van der Waals surface area contributed by atoms with Crippen molar-refractivity contribution in [1.29, 1.82) is 0 Å². The van der Waals surface area contributed by atoms with Gasteiger partial charge in [-0.1, -0.05) is 0 Å². The number of nitrogens with zero attached hydrogens (tertiary/aromatic N) is 1. The second kappa shape index (κ2) is 10.6. The standard InChI is InChI=1S/C16H23NO6/c1-21-14-5-3-13(4-6-14)16(20)17(8-7-15(19)22-2)9-11-23-12-10-18/h3-6,18H,7-12H2,1-2H3. The first-order chi connectivity index (χ1) is 11.1. The predicted octanol–water partition coefficient (Wildman–Crippen LogP) is 0.709. The van der Waals surface area contributed by atoms with E-state index in [0.717, 1.165) is 0 Å². The Morgan fingerprint density at radius 2 is 1.78 bits per heavy atom. The van der Waals surface area contributed by atoms with Crippen molar-refractivity contribution < 1.29 is 28.9 Å². The van der Waals surface area contributed by atoms with E-state index in [1.165, 1.54) is 12.0 Å². The summed E-state index contributed by atoms with van der Waals surface area (Å²) in [5.74, 6) is 0.0758. The van der Waals surface area contributed by atoms with Crippen molar-refractivity contribution in [2.24, 2.45) is 0 Å². The fourth-order valence-electron chi connectivity index (χ4n) is 1.90. The number of hydrogen-bond donors (Lipinski definition) is 1. The molecule has 1 aromatic rings. The van der Waals surface area contributed by atoms with E-state index in [1.807, 2.05) is 0 Å². The van der Waals surface area contributed by atoms with Gasteiger partial charge in [0.15, 0.2) is 0 Å². The maximum atomic E-state index is 12.5. The van der Waals surface area contributed by atoms with Gasteiger partial charge in [0.1, 0.15) is 5.75 Å². The number of carbonyl (C=O) groups excluding carboxylic acids is 2. The van der Waals surface area contributed by atoms with Crippen LogP contribution < -0.4 is 4.74 Å². The molecule has 1 rings (SSSR count). The Balaban J connectivity index is 2.70. The minimum Gasteiger partial charge on any atom is -0.497 e. The molecule has 7 heteroatoms. The highest BCUT2D eigenvalue weighted by molar-refractivity contribution is 5.94. The lowest BCUT2D eigenvalue weighted by Crippen LogP contribution is -2.36. The van der Waals surface area contributed by atoms with E-state index in [0.29, 0.717) is 17.9 Å². The molecule has 0 aliphatic carbocycles. The Hall–Kier alpha value is -2.12. The molecule has 0 bridgehead atoms. The van der Waals surface area contributed by atoms with Crippen LogP contribution in [0.2, 0.25) is 0 Å². The highest BCUT2D eigenvalue weighted by Crippen LogP contribution is 2.13. The third-order valence-corrected chi connectivity index (χ3v) is 3.18. The van der Waals surface area contributed by atoms with E-state index < -0.39 is 0 Å². The zero-order chi connectivity index (χ0) is 17.1. The SMILES string of the molecule is COC(=O)CCN(CCOCCO)C(=O)c1ccc(OC)cc1. The van der Waals surface area contributed by atoms with E-state index in [4.69, 9.17) is 14.6 Å². The quantitative estimate of drug-likeness (QED) is 0.504. The summed E-state index contributed by atoms with van der Waals surface area (Å²) in [5.41, 5.74) is 0.498. The molecule has 7 nitrogen and oxygen atoms in total. The van der Waals surface area contributed by atoms with E-state index >= 15 is 0 Å². The second-order valence-electron chi connectivity index (χ2n) is 4.68. The van der Waals surface area contributed by atoms with Gasteiger partial charge in [-0.2, -0.15) is 0 Å². The van der Waals surface area contributed by atoms with Crippen molar-refractivity contribution in [1.82, 2.24) is 4.90 Å². The van der Waals surface area contributed by atoms with Crippen LogP contribution in [0, 0.1) is 0 Å². The first-order valence-electron chi connectivity index (χ1n) is 7.31. The average Bonchev–Trinajstić information content (AvgIpc) is 2.60. The van der Waals surface area contributed by atoms with Crippen LogP contribution in [0.1, 0.15) is 16.8 Å². The zero-order valence-corrected chi connectivity index (χ0v) is 13.5. The van der Waals surface area contributed by atoms with E-state index in [9.17, 15) is 9.59 Å². The smallest absolute Gasteiger partial charge is 0.307 e. The molecule has 0 heterocycles. The number of amides is 1. The van der Waals surface area contributed by atoms with Crippen LogP contribution in [0.15, 0.2) is 24.3 Å². The molecule has 0 aliphatic rings. The lowest BCUT2D eigenvalue weighted by Gasteiger charge is -2.22. The van der Waals surface area contributed by atoms with Gasteiger partial charge in [0, 0.05) is 18.7 Å². The van der Waals surface area contributed by atoms with Crippen molar-refractivity contribution in [2.75, 3.05) is 47.1 Å². The molecule has 0 fully saturated rings. The Bertz CT molecular complexity index is 488. The minimum atomic E-state index is -0.381. The summed E-state index contributed by atoms with van der Waals surface area (Å²) in [6, 6.07) is 6.74. The Morgan fingerprint density at radius 1 is 1.09 bits per heavy atom. The fraction of sp³-hybridized carbons (Fsp3) is 0.500. The minimum absolute atomic E-state index is 0.0748. The van der Waals surface area contributed by atoms with Crippen molar-refractivity contribution in [3.05, 3.63) is 29.8 Å². The van der Waals surface area contributed by atoms with Crippen molar-refractivity contribution >= 4 is 11.9 Å². The number of ether oxygens (including phenoxy) is 3. The van der Waals surface area contributed by atoms with Crippen LogP contribution >= 0.6 is 0 Å².